The number of epoxide rings is 1. The zero-order valence-electron chi connectivity index (χ0n) is 15.9. The van der Waals surface area contributed by atoms with Gasteiger partial charge < -0.3 is 19.3 Å². The van der Waals surface area contributed by atoms with Gasteiger partial charge in [0, 0.05) is 29.9 Å². The molecule has 1 aliphatic carbocycles. The van der Waals surface area contributed by atoms with E-state index in [0.29, 0.717) is 12.0 Å². The topological polar surface area (TPSA) is 102 Å². The molecule has 7 nitrogen and oxygen atoms in total. The Morgan fingerprint density at radius 3 is 2.78 bits per heavy atom. The fourth-order valence-electron chi connectivity index (χ4n) is 3.96. The molecule has 3 rings (SSSR count). The van der Waals surface area contributed by atoms with Crippen LogP contribution in [0.3, 0.4) is 0 Å². The third kappa shape index (κ3) is 3.71. The van der Waals surface area contributed by atoms with Crippen molar-refractivity contribution in [2.24, 2.45) is 11.8 Å². The minimum atomic E-state index is -0.672. The number of carbonyl (C=O) groups is 3. The number of fused-ring (bicyclic) bond motifs is 2. The van der Waals surface area contributed by atoms with E-state index in [0.717, 1.165) is 0 Å². The number of carbonyl (C=O) groups excluding carboxylic acids is 3. The van der Waals surface area contributed by atoms with Gasteiger partial charge in [0.25, 0.3) is 0 Å². The van der Waals surface area contributed by atoms with Crippen molar-refractivity contribution in [3.63, 3.8) is 0 Å². The molecule has 2 saturated heterocycles. The van der Waals surface area contributed by atoms with Crippen LogP contribution in [0.1, 0.15) is 40.0 Å². The number of hydrogen-bond acceptors (Lipinski definition) is 7. The fraction of sp³-hybridized carbons (Fsp3) is 0.650. The van der Waals surface area contributed by atoms with E-state index in [2.05, 4.69) is 6.58 Å². The smallest absolute Gasteiger partial charge is 0.334 e. The number of rotatable bonds is 3. The molecule has 2 aliphatic heterocycles. The first-order valence-corrected chi connectivity index (χ1v) is 9.25. The molecule has 0 radical (unpaired) electrons. The first-order chi connectivity index (χ1) is 12.7. The zero-order valence-corrected chi connectivity index (χ0v) is 15.9. The van der Waals surface area contributed by atoms with Crippen LogP contribution in [-0.2, 0) is 28.6 Å². The van der Waals surface area contributed by atoms with Gasteiger partial charge in [-0.3, -0.25) is 4.79 Å². The Morgan fingerprint density at radius 2 is 2.15 bits per heavy atom. The van der Waals surface area contributed by atoms with Crippen molar-refractivity contribution in [3.05, 3.63) is 23.8 Å². The number of allylic oxidation sites excluding steroid dienone is 1. The highest BCUT2D eigenvalue weighted by atomic mass is 16.6. The third-order valence-corrected chi connectivity index (χ3v) is 5.96. The Labute approximate surface area is 158 Å². The number of ether oxygens (including phenoxy) is 3. The highest BCUT2D eigenvalue weighted by molar-refractivity contribution is 5.92. The molecule has 6 atom stereocenters. The Morgan fingerprint density at radius 1 is 1.44 bits per heavy atom. The van der Waals surface area contributed by atoms with Gasteiger partial charge in [-0.2, -0.15) is 0 Å². The second-order valence-corrected chi connectivity index (χ2v) is 7.82. The van der Waals surface area contributed by atoms with Gasteiger partial charge in [0.05, 0.1) is 24.2 Å². The fourth-order valence-corrected chi connectivity index (χ4v) is 3.96. The molecule has 0 spiro atoms. The van der Waals surface area contributed by atoms with Crippen molar-refractivity contribution in [2.45, 2.75) is 63.9 Å². The maximum atomic E-state index is 12.5. The van der Waals surface area contributed by atoms with Gasteiger partial charge in [0.1, 0.15) is 18.0 Å². The standard InChI is InChI=1S/C20H26O7/c1-5-10(2)18(23)26-15-8-20(4)16(27-20)7-13(22)12(9-21)6-14-17(15)11(3)19(24)25-14/h5,12,14-17,21H,3,6-9H2,1-2,4H3/b10-5-/t12-,14-,15-,16-,17+,20+/m1/s1. The number of Topliss-reactive ketones (excluding diaryl/α,β-unsaturated/α-hetero) is 1. The average Bonchev–Trinajstić information content (AvgIpc) is 3.15. The summed E-state index contributed by atoms with van der Waals surface area (Å²) in [4.78, 5) is 37.0. The molecule has 148 valence electrons. The van der Waals surface area contributed by atoms with Crippen molar-refractivity contribution < 1.29 is 33.7 Å². The van der Waals surface area contributed by atoms with Crippen LogP contribution in [0.2, 0.25) is 0 Å². The molecular formula is C20H26O7. The summed E-state index contributed by atoms with van der Waals surface area (Å²) in [6.07, 6.45) is 0.726. The lowest BCUT2D eigenvalue weighted by molar-refractivity contribution is -0.150. The van der Waals surface area contributed by atoms with Gasteiger partial charge in [0.2, 0.25) is 0 Å². The predicted octanol–water partition coefficient (Wildman–Crippen LogP) is 1.48. The largest absolute Gasteiger partial charge is 0.458 e. The Balaban J connectivity index is 1.94. The van der Waals surface area contributed by atoms with Gasteiger partial charge in [-0.25, -0.2) is 9.59 Å². The van der Waals surface area contributed by atoms with Gasteiger partial charge in [-0.1, -0.05) is 12.7 Å². The molecule has 3 fully saturated rings. The molecule has 0 bridgehead atoms. The van der Waals surface area contributed by atoms with Crippen molar-refractivity contribution in [3.8, 4) is 0 Å². The molecule has 2 heterocycles. The molecular weight excluding hydrogens is 352 g/mol. The maximum absolute atomic E-state index is 12.5. The molecule has 0 amide bonds. The van der Waals surface area contributed by atoms with Crippen molar-refractivity contribution in [1.29, 1.82) is 0 Å². The van der Waals surface area contributed by atoms with Gasteiger partial charge in [-0.05, 0) is 27.2 Å². The van der Waals surface area contributed by atoms with Crippen LogP contribution >= 0.6 is 0 Å². The van der Waals surface area contributed by atoms with E-state index in [4.69, 9.17) is 14.2 Å². The molecule has 0 unspecified atom stereocenters. The third-order valence-electron chi connectivity index (χ3n) is 5.96. The number of aliphatic hydroxyl groups excluding tert-OH is 1. The van der Waals surface area contributed by atoms with E-state index in [1.54, 1.807) is 19.9 Å². The summed E-state index contributed by atoms with van der Waals surface area (Å²) in [7, 11) is 0. The van der Waals surface area contributed by atoms with Gasteiger partial charge in [0.15, 0.2) is 0 Å². The number of hydrogen-bond donors (Lipinski definition) is 1. The normalized spacial score (nSPS) is 39.3. The summed E-state index contributed by atoms with van der Waals surface area (Å²) in [5, 5.41) is 9.65. The first kappa shape index (κ1) is 19.8. The summed E-state index contributed by atoms with van der Waals surface area (Å²) in [6, 6.07) is 0. The van der Waals surface area contributed by atoms with Crippen LogP contribution < -0.4 is 0 Å². The zero-order chi connectivity index (χ0) is 19.9. The molecule has 1 saturated carbocycles. The summed E-state index contributed by atoms with van der Waals surface area (Å²) in [5.41, 5.74) is 0.0564. The number of aliphatic hydroxyl groups is 1. The van der Waals surface area contributed by atoms with E-state index < -0.39 is 41.6 Å². The van der Waals surface area contributed by atoms with E-state index in [9.17, 15) is 19.5 Å². The van der Waals surface area contributed by atoms with Crippen molar-refractivity contribution >= 4 is 17.7 Å². The van der Waals surface area contributed by atoms with Crippen LogP contribution in [0.4, 0.5) is 0 Å². The van der Waals surface area contributed by atoms with Crippen LogP contribution in [-0.4, -0.2) is 53.3 Å². The van der Waals surface area contributed by atoms with Gasteiger partial charge >= 0.3 is 11.9 Å². The Kier molecular flexibility index (Phi) is 5.27. The molecule has 1 N–H and O–H groups in total. The lowest BCUT2D eigenvalue weighted by Crippen LogP contribution is -2.40. The second kappa shape index (κ2) is 7.20. The minimum absolute atomic E-state index is 0.112. The molecule has 7 heteroatoms. The summed E-state index contributed by atoms with van der Waals surface area (Å²) < 4.78 is 16.9. The van der Waals surface area contributed by atoms with E-state index in [1.165, 1.54) is 0 Å². The monoisotopic (exact) mass is 378 g/mol. The second-order valence-electron chi connectivity index (χ2n) is 7.82. The summed E-state index contributed by atoms with van der Waals surface area (Å²) in [6.45, 7) is 8.75. The minimum Gasteiger partial charge on any atom is -0.458 e. The summed E-state index contributed by atoms with van der Waals surface area (Å²) in [5.74, 6) is -2.38. The Bertz CT molecular complexity index is 709. The highest BCUT2D eigenvalue weighted by Crippen LogP contribution is 2.48. The molecule has 0 aromatic carbocycles. The van der Waals surface area contributed by atoms with Crippen molar-refractivity contribution in [2.75, 3.05) is 6.61 Å². The maximum Gasteiger partial charge on any atom is 0.334 e. The van der Waals surface area contributed by atoms with E-state index >= 15 is 0 Å². The molecule has 0 aromatic rings. The Hall–Kier alpha value is -1.99. The molecule has 27 heavy (non-hydrogen) atoms. The lowest BCUT2D eigenvalue weighted by Gasteiger charge is -2.30. The lowest BCUT2D eigenvalue weighted by atomic mass is 9.79. The quantitative estimate of drug-likeness (QED) is 0.451. The van der Waals surface area contributed by atoms with Crippen LogP contribution in [0.5, 0.6) is 0 Å². The number of esters is 2. The predicted molar refractivity (Wildman–Crippen MR) is 94.5 cm³/mol. The number of ketones is 1. The van der Waals surface area contributed by atoms with Crippen LogP contribution in [0.15, 0.2) is 23.8 Å². The van der Waals surface area contributed by atoms with E-state index in [-0.39, 0.29) is 36.9 Å². The average molecular weight is 378 g/mol. The van der Waals surface area contributed by atoms with Crippen LogP contribution in [0.25, 0.3) is 0 Å². The van der Waals surface area contributed by atoms with E-state index in [1.807, 2.05) is 6.92 Å². The van der Waals surface area contributed by atoms with Gasteiger partial charge in [-0.15, -0.1) is 0 Å². The molecule has 0 aromatic heterocycles. The highest BCUT2D eigenvalue weighted by Gasteiger charge is 2.58. The van der Waals surface area contributed by atoms with Crippen LogP contribution in [0, 0.1) is 11.8 Å². The molecule has 3 aliphatic rings. The summed E-state index contributed by atoms with van der Waals surface area (Å²) >= 11 is 0. The van der Waals surface area contributed by atoms with Crippen molar-refractivity contribution in [1.82, 2.24) is 0 Å². The SMILES string of the molecule is C=C1C(=O)O[C@@H]2C[C@H](CO)C(=O)C[C@H]3O[C@@]3(C)C[C@@H](OC(=O)/C(C)=C\C)[C@@H]12. The first-order valence-electron chi connectivity index (χ1n) is 9.25.